The van der Waals surface area contributed by atoms with Gasteiger partial charge in [0.1, 0.15) is 5.82 Å². The van der Waals surface area contributed by atoms with Crippen LogP contribution < -0.4 is 10.9 Å². The highest BCUT2D eigenvalue weighted by Crippen LogP contribution is 2.07. The molecule has 2 N–H and O–H groups in total. The molecule has 0 fully saturated rings. The SMILES string of the molecule is Cc1cn2nnc(C(=O)Nc3ccccn3)c2c(=O)[nH]1. The minimum Gasteiger partial charge on any atom is -0.323 e. The minimum absolute atomic E-state index is 0.0445. The Morgan fingerprint density at radius 1 is 1.40 bits per heavy atom. The summed E-state index contributed by atoms with van der Waals surface area (Å²) in [5.74, 6) is -0.157. The summed E-state index contributed by atoms with van der Waals surface area (Å²) in [7, 11) is 0. The van der Waals surface area contributed by atoms with Crippen molar-refractivity contribution >= 4 is 17.2 Å². The van der Waals surface area contributed by atoms with Gasteiger partial charge in [0, 0.05) is 11.9 Å². The first-order valence-electron chi connectivity index (χ1n) is 5.82. The molecule has 0 aliphatic carbocycles. The van der Waals surface area contributed by atoms with E-state index < -0.39 is 11.5 Å². The molecule has 0 spiro atoms. The third kappa shape index (κ3) is 2.03. The van der Waals surface area contributed by atoms with Gasteiger partial charge in [-0.15, -0.1) is 5.10 Å². The molecule has 0 saturated carbocycles. The van der Waals surface area contributed by atoms with E-state index in [-0.39, 0.29) is 11.2 Å². The molecule has 8 heteroatoms. The number of anilines is 1. The number of hydrogen-bond donors (Lipinski definition) is 2. The molecule has 0 unspecified atom stereocenters. The molecule has 0 atom stereocenters. The third-order valence-electron chi connectivity index (χ3n) is 2.66. The summed E-state index contributed by atoms with van der Waals surface area (Å²) in [6, 6.07) is 5.11. The highest BCUT2D eigenvalue weighted by molar-refractivity contribution is 6.06. The lowest BCUT2D eigenvalue weighted by molar-refractivity contribution is 0.102. The molecule has 0 aliphatic rings. The molecule has 3 aromatic rings. The lowest BCUT2D eigenvalue weighted by atomic mass is 10.3. The Balaban J connectivity index is 2.03. The van der Waals surface area contributed by atoms with Gasteiger partial charge in [-0.05, 0) is 19.1 Å². The molecule has 0 bridgehead atoms. The van der Waals surface area contributed by atoms with Crippen LogP contribution >= 0.6 is 0 Å². The van der Waals surface area contributed by atoms with Gasteiger partial charge in [0.25, 0.3) is 11.5 Å². The number of hydrogen-bond acceptors (Lipinski definition) is 5. The van der Waals surface area contributed by atoms with Crippen molar-refractivity contribution < 1.29 is 4.79 Å². The van der Waals surface area contributed by atoms with E-state index in [9.17, 15) is 9.59 Å². The van der Waals surface area contributed by atoms with E-state index in [0.717, 1.165) is 0 Å². The van der Waals surface area contributed by atoms with Gasteiger partial charge in [0.15, 0.2) is 11.2 Å². The maximum absolute atomic E-state index is 12.1. The maximum atomic E-state index is 12.1. The molecular formula is C12H10N6O2. The molecule has 3 aromatic heterocycles. The van der Waals surface area contributed by atoms with E-state index in [1.807, 2.05) is 0 Å². The molecule has 8 nitrogen and oxygen atoms in total. The first-order valence-corrected chi connectivity index (χ1v) is 5.82. The Morgan fingerprint density at radius 2 is 2.25 bits per heavy atom. The summed E-state index contributed by atoms with van der Waals surface area (Å²) in [5.41, 5.74) is 0.270. The summed E-state index contributed by atoms with van der Waals surface area (Å²) >= 11 is 0. The Hall–Kier alpha value is -3.03. The molecule has 0 aliphatic heterocycles. The molecule has 1 amide bonds. The van der Waals surface area contributed by atoms with Crippen molar-refractivity contribution in [3.05, 3.63) is 52.3 Å². The van der Waals surface area contributed by atoms with Gasteiger partial charge in [0.2, 0.25) is 0 Å². The van der Waals surface area contributed by atoms with Crippen LogP contribution in [0.4, 0.5) is 5.82 Å². The van der Waals surface area contributed by atoms with E-state index in [0.29, 0.717) is 11.5 Å². The number of rotatable bonds is 2. The zero-order chi connectivity index (χ0) is 14.1. The zero-order valence-corrected chi connectivity index (χ0v) is 10.5. The quantitative estimate of drug-likeness (QED) is 0.700. The number of carbonyl (C=O) groups is 1. The first-order chi connectivity index (χ1) is 9.65. The fraction of sp³-hybridized carbons (Fsp3) is 0.0833. The normalized spacial score (nSPS) is 10.7. The average Bonchev–Trinajstić information content (AvgIpc) is 2.84. The Labute approximate surface area is 112 Å². The monoisotopic (exact) mass is 270 g/mol. The maximum Gasteiger partial charge on any atom is 0.279 e. The average molecular weight is 270 g/mol. The second-order valence-electron chi connectivity index (χ2n) is 4.17. The number of pyridine rings is 1. The minimum atomic E-state index is -0.534. The van der Waals surface area contributed by atoms with E-state index in [1.165, 1.54) is 4.52 Å². The van der Waals surface area contributed by atoms with Crippen LogP contribution in [0.15, 0.2) is 35.4 Å². The van der Waals surface area contributed by atoms with Crippen molar-refractivity contribution in [1.29, 1.82) is 0 Å². The van der Waals surface area contributed by atoms with Crippen LogP contribution in [0.3, 0.4) is 0 Å². The summed E-state index contributed by atoms with van der Waals surface area (Å²) in [4.78, 5) is 30.6. The van der Waals surface area contributed by atoms with Gasteiger partial charge >= 0.3 is 0 Å². The predicted molar refractivity (Wildman–Crippen MR) is 70.5 cm³/mol. The molecule has 0 saturated heterocycles. The summed E-state index contributed by atoms with van der Waals surface area (Å²) in [6.07, 6.45) is 3.14. The van der Waals surface area contributed by atoms with Crippen molar-refractivity contribution in [2.45, 2.75) is 6.92 Å². The summed E-state index contributed by atoms with van der Waals surface area (Å²) in [5, 5.41) is 10.1. The Morgan fingerprint density at radius 3 is 3.00 bits per heavy atom. The standard InChI is InChI=1S/C12H10N6O2/c1-7-6-18-10(12(20)14-7)9(16-17-18)11(19)15-8-4-2-3-5-13-8/h2-6H,1H3,(H,14,20)(H,13,15,19). The van der Waals surface area contributed by atoms with Gasteiger partial charge in [0.05, 0.1) is 6.20 Å². The number of H-pyrrole nitrogens is 1. The fourth-order valence-electron chi connectivity index (χ4n) is 1.81. The third-order valence-corrected chi connectivity index (χ3v) is 2.66. The van der Waals surface area contributed by atoms with Crippen molar-refractivity contribution in [2.75, 3.05) is 5.32 Å². The lowest BCUT2D eigenvalue weighted by Gasteiger charge is -2.01. The smallest absolute Gasteiger partial charge is 0.279 e. The number of nitrogens with one attached hydrogen (secondary N) is 2. The molecule has 0 aromatic carbocycles. The number of nitrogens with zero attached hydrogens (tertiary/aromatic N) is 4. The van der Waals surface area contributed by atoms with E-state index in [2.05, 4.69) is 25.6 Å². The van der Waals surface area contributed by atoms with Crippen LogP contribution in [0.25, 0.3) is 5.52 Å². The molecular weight excluding hydrogens is 260 g/mol. The van der Waals surface area contributed by atoms with Gasteiger partial charge in [-0.3, -0.25) is 9.59 Å². The highest BCUT2D eigenvalue weighted by Gasteiger charge is 2.18. The molecule has 0 radical (unpaired) electrons. The number of aryl methyl sites for hydroxylation is 1. The van der Waals surface area contributed by atoms with Crippen molar-refractivity contribution in [1.82, 2.24) is 24.8 Å². The van der Waals surface area contributed by atoms with Crippen LogP contribution in [-0.2, 0) is 0 Å². The van der Waals surface area contributed by atoms with Crippen molar-refractivity contribution in [3.63, 3.8) is 0 Å². The van der Waals surface area contributed by atoms with Gasteiger partial charge in [-0.25, -0.2) is 9.50 Å². The summed E-state index contributed by atoms with van der Waals surface area (Å²) < 4.78 is 1.28. The van der Waals surface area contributed by atoms with Crippen molar-refractivity contribution in [3.8, 4) is 0 Å². The number of amides is 1. The number of aromatic nitrogens is 5. The Kier molecular flexibility index (Phi) is 2.75. The van der Waals surface area contributed by atoms with E-state index >= 15 is 0 Å². The fourth-order valence-corrected chi connectivity index (χ4v) is 1.81. The number of fused-ring (bicyclic) bond motifs is 1. The topological polar surface area (TPSA) is 105 Å². The predicted octanol–water partition coefficient (Wildman–Crippen LogP) is 0.373. The van der Waals surface area contributed by atoms with Gasteiger partial charge in [-0.2, -0.15) is 0 Å². The second kappa shape index (κ2) is 4.57. The molecule has 3 rings (SSSR count). The highest BCUT2D eigenvalue weighted by atomic mass is 16.2. The molecule has 100 valence electrons. The van der Waals surface area contributed by atoms with Crippen LogP contribution in [0.1, 0.15) is 16.2 Å². The van der Waals surface area contributed by atoms with E-state index in [4.69, 9.17) is 0 Å². The Bertz CT molecular complexity index is 836. The van der Waals surface area contributed by atoms with Crippen LogP contribution in [-0.4, -0.2) is 30.7 Å². The lowest BCUT2D eigenvalue weighted by Crippen LogP contribution is -2.18. The van der Waals surface area contributed by atoms with Crippen LogP contribution in [0.5, 0.6) is 0 Å². The largest absolute Gasteiger partial charge is 0.323 e. The first kappa shape index (κ1) is 12.0. The number of carbonyl (C=O) groups excluding carboxylic acids is 1. The van der Waals surface area contributed by atoms with Gasteiger partial charge < -0.3 is 10.3 Å². The van der Waals surface area contributed by atoms with E-state index in [1.54, 1.807) is 37.5 Å². The zero-order valence-electron chi connectivity index (χ0n) is 10.5. The van der Waals surface area contributed by atoms with Crippen LogP contribution in [0.2, 0.25) is 0 Å². The van der Waals surface area contributed by atoms with Crippen molar-refractivity contribution in [2.24, 2.45) is 0 Å². The van der Waals surface area contributed by atoms with Gasteiger partial charge in [-0.1, -0.05) is 11.3 Å². The number of aromatic amines is 1. The molecule has 20 heavy (non-hydrogen) atoms. The summed E-state index contributed by atoms with van der Waals surface area (Å²) in [6.45, 7) is 1.72. The second-order valence-corrected chi connectivity index (χ2v) is 4.17. The van der Waals surface area contributed by atoms with Crippen LogP contribution in [0, 0.1) is 6.92 Å². The molecule has 3 heterocycles.